The summed E-state index contributed by atoms with van der Waals surface area (Å²) in [4.78, 5) is 30.2. The van der Waals surface area contributed by atoms with Crippen molar-refractivity contribution in [2.75, 3.05) is 26.2 Å². The number of aromatic nitrogens is 2. The van der Waals surface area contributed by atoms with E-state index in [2.05, 4.69) is 24.2 Å². The number of nitrogens with zero attached hydrogens (tertiary/aromatic N) is 4. The predicted octanol–water partition coefficient (Wildman–Crippen LogP) is 3.00. The molecule has 5 rings (SSSR count). The fourth-order valence-electron chi connectivity index (χ4n) is 5.57. The molecule has 2 atom stereocenters. The van der Waals surface area contributed by atoms with Crippen LogP contribution in [0.1, 0.15) is 60.4 Å². The summed E-state index contributed by atoms with van der Waals surface area (Å²) in [7, 11) is 0. The lowest BCUT2D eigenvalue weighted by Crippen LogP contribution is -2.48. The van der Waals surface area contributed by atoms with Crippen LogP contribution in [0.2, 0.25) is 0 Å². The maximum atomic E-state index is 13.3. The van der Waals surface area contributed by atoms with Gasteiger partial charge in [0.2, 0.25) is 5.91 Å². The van der Waals surface area contributed by atoms with Gasteiger partial charge in [-0.25, -0.2) is 0 Å². The number of ether oxygens (including phenoxy) is 2. The number of amides is 2. The van der Waals surface area contributed by atoms with E-state index in [4.69, 9.17) is 9.47 Å². The van der Waals surface area contributed by atoms with Crippen LogP contribution in [0.3, 0.4) is 0 Å². The first kappa shape index (κ1) is 23.9. The van der Waals surface area contributed by atoms with Gasteiger partial charge in [-0.2, -0.15) is 5.10 Å². The zero-order valence-corrected chi connectivity index (χ0v) is 21.0. The fourth-order valence-corrected chi connectivity index (χ4v) is 5.57. The summed E-state index contributed by atoms with van der Waals surface area (Å²) in [6.07, 6.45) is 4.49. The van der Waals surface area contributed by atoms with Gasteiger partial charge in [-0.15, -0.1) is 0 Å². The van der Waals surface area contributed by atoms with Crippen molar-refractivity contribution >= 4 is 11.8 Å². The molecule has 0 radical (unpaired) electrons. The van der Waals surface area contributed by atoms with E-state index in [0.29, 0.717) is 31.9 Å². The number of morpholine rings is 1. The summed E-state index contributed by atoms with van der Waals surface area (Å²) in [5.74, 6) is 0.905. The minimum atomic E-state index is -0.0367. The standard InChI is InChI=1S/C27H36N4O4/c1-18-7-9-21(10-8-18)35-22-11-13-29(14-12-22)25(32)17-31-24-6-4-5-23(24)26(28-31)27(33)30-15-19(2)34-20(3)16-30/h7-10,19-20,22H,4-6,11-17H2,1-3H3/t19-,20+. The molecule has 3 aliphatic rings. The molecule has 8 heteroatoms. The molecule has 35 heavy (non-hydrogen) atoms. The van der Waals surface area contributed by atoms with Gasteiger partial charge in [-0.3, -0.25) is 14.3 Å². The molecule has 3 heterocycles. The topological polar surface area (TPSA) is 76.9 Å². The van der Waals surface area contributed by atoms with Crippen LogP contribution in [0.15, 0.2) is 24.3 Å². The Labute approximate surface area is 207 Å². The minimum Gasteiger partial charge on any atom is -0.490 e. The number of benzene rings is 1. The van der Waals surface area contributed by atoms with Crippen molar-refractivity contribution in [2.24, 2.45) is 0 Å². The van der Waals surface area contributed by atoms with Gasteiger partial charge in [0.25, 0.3) is 5.91 Å². The van der Waals surface area contributed by atoms with Crippen LogP contribution in [0, 0.1) is 6.92 Å². The second-order valence-electron chi connectivity index (χ2n) is 10.3. The first-order chi connectivity index (χ1) is 16.9. The molecule has 8 nitrogen and oxygen atoms in total. The molecule has 0 bridgehead atoms. The zero-order chi connectivity index (χ0) is 24.5. The molecule has 188 valence electrons. The van der Waals surface area contributed by atoms with E-state index in [1.165, 1.54) is 5.56 Å². The summed E-state index contributed by atoms with van der Waals surface area (Å²) < 4.78 is 13.7. The highest BCUT2D eigenvalue weighted by molar-refractivity contribution is 5.94. The SMILES string of the molecule is Cc1ccc(OC2CCN(C(=O)Cn3nc(C(=O)N4C[C@@H](C)O[C@@H](C)C4)c4c3CCC4)CC2)cc1. The fraction of sp³-hybridized carbons (Fsp3) is 0.593. The Morgan fingerprint density at radius 3 is 2.40 bits per heavy atom. The number of aryl methyl sites for hydroxylation is 1. The van der Waals surface area contributed by atoms with E-state index in [1.54, 1.807) is 4.68 Å². The summed E-state index contributed by atoms with van der Waals surface area (Å²) in [6, 6.07) is 8.11. The highest BCUT2D eigenvalue weighted by atomic mass is 16.5. The second-order valence-corrected chi connectivity index (χ2v) is 10.3. The predicted molar refractivity (Wildman–Crippen MR) is 132 cm³/mol. The average Bonchev–Trinajstić information content (AvgIpc) is 3.44. The van der Waals surface area contributed by atoms with E-state index >= 15 is 0 Å². The lowest BCUT2D eigenvalue weighted by atomic mass is 10.1. The van der Waals surface area contributed by atoms with Gasteiger partial charge in [0.1, 0.15) is 18.4 Å². The molecule has 2 saturated heterocycles. The third-order valence-electron chi connectivity index (χ3n) is 7.32. The van der Waals surface area contributed by atoms with Crippen LogP contribution in [0.25, 0.3) is 0 Å². The normalized spacial score (nSPS) is 22.8. The maximum absolute atomic E-state index is 13.3. The van der Waals surface area contributed by atoms with Gasteiger partial charge in [0, 0.05) is 50.3 Å². The van der Waals surface area contributed by atoms with Crippen LogP contribution in [-0.4, -0.2) is 75.9 Å². The molecular formula is C27H36N4O4. The third kappa shape index (κ3) is 5.22. The van der Waals surface area contributed by atoms with E-state index in [1.807, 2.05) is 35.8 Å². The van der Waals surface area contributed by atoms with Crippen molar-refractivity contribution in [3.05, 3.63) is 46.8 Å². The highest BCUT2D eigenvalue weighted by Crippen LogP contribution is 2.28. The van der Waals surface area contributed by atoms with Gasteiger partial charge in [0.05, 0.1) is 12.2 Å². The van der Waals surface area contributed by atoms with Gasteiger partial charge in [-0.05, 0) is 52.2 Å². The molecule has 0 unspecified atom stereocenters. The molecule has 1 aliphatic carbocycles. The molecule has 0 saturated carbocycles. The molecule has 2 aliphatic heterocycles. The quantitative estimate of drug-likeness (QED) is 0.658. The van der Waals surface area contributed by atoms with Crippen molar-refractivity contribution in [1.82, 2.24) is 19.6 Å². The van der Waals surface area contributed by atoms with Crippen LogP contribution in [-0.2, 0) is 28.9 Å². The number of carbonyl (C=O) groups is 2. The summed E-state index contributed by atoms with van der Waals surface area (Å²) in [6.45, 7) is 8.73. The van der Waals surface area contributed by atoms with Crippen LogP contribution in [0.4, 0.5) is 0 Å². The Hall–Kier alpha value is -2.87. The molecule has 0 spiro atoms. The Morgan fingerprint density at radius 1 is 1.03 bits per heavy atom. The second kappa shape index (κ2) is 10.0. The van der Waals surface area contributed by atoms with Gasteiger partial charge >= 0.3 is 0 Å². The lowest BCUT2D eigenvalue weighted by molar-refractivity contribution is -0.133. The number of carbonyl (C=O) groups excluding carboxylic acids is 2. The van der Waals surface area contributed by atoms with Crippen LogP contribution in [0.5, 0.6) is 5.75 Å². The molecular weight excluding hydrogens is 444 g/mol. The Morgan fingerprint density at radius 2 is 1.71 bits per heavy atom. The number of piperidine rings is 1. The van der Waals surface area contributed by atoms with E-state index < -0.39 is 0 Å². The summed E-state index contributed by atoms with van der Waals surface area (Å²) in [5.41, 5.74) is 3.81. The molecule has 1 aromatic heterocycles. The van der Waals surface area contributed by atoms with Crippen molar-refractivity contribution < 1.29 is 19.1 Å². The first-order valence-electron chi connectivity index (χ1n) is 12.9. The van der Waals surface area contributed by atoms with E-state index in [9.17, 15) is 9.59 Å². The Bertz CT molecular complexity index is 1060. The largest absolute Gasteiger partial charge is 0.490 e. The van der Waals surface area contributed by atoms with Crippen LogP contribution >= 0.6 is 0 Å². The molecule has 2 aromatic rings. The summed E-state index contributed by atoms with van der Waals surface area (Å²) in [5, 5.41) is 4.68. The first-order valence-corrected chi connectivity index (χ1v) is 12.9. The highest BCUT2D eigenvalue weighted by Gasteiger charge is 2.33. The number of rotatable bonds is 5. The number of hydrogen-bond acceptors (Lipinski definition) is 5. The van der Waals surface area contributed by atoms with Crippen molar-refractivity contribution in [3.63, 3.8) is 0 Å². The van der Waals surface area contributed by atoms with E-state index in [0.717, 1.165) is 49.1 Å². The zero-order valence-electron chi connectivity index (χ0n) is 21.0. The third-order valence-corrected chi connectivity index (χ3v) is 7.32. The Balaban J connectivity index is 1.21. The maximum Gasteiger partial charge on any atom is 0.274 e. The summed E-state index contributed by atoms with van der Waals surface area (Å²) >= 11 is 0. The lowest BCUT2D eigenvalue weighted by Gasteiger charge is -2.35. The minimum absolute atomic E-state index is 0.0114. The molecule has 0 N–H and O–H groups in total. The monoisotopic (exact) mass is 480 g/mol. The van der Waals surface area contributed by atoms with Gasteiger partial charge < -0.3 is 19.3 Å². The average molecular weight is 481 g/mol. The van der Waals surface area contributed by atoms with Gasteiger partial charge in [-0.1, -0.05) is 17.7 Å². The molecule has 1 aromatic carbocycles. The molecule has 2 fully saturated rings. The number of likely N-dealkylation sites (tertiary alicyclic amines) is 1. The van der Waals surface area contributed by atoms with Crippen molar-refractivity contribution in [3.8, 4) is 5.75 Å². The Kier molecular flexibility index (Phi) is 6.82. The van der Waals surface area contributed by atoms with Crippen molar-refractivity contribution in [1.29, 1.82) is 0 Å². The molecule has 2 amide bonds. The van der Waals surface area contributed by atoms with Gasteiger partial charge in [0.15, 0.2) is 5.69 Å². The smallest absolute Gasteiger partial charge is 0.274 e. The number of fused-ring (bicyclic) bond motifs is 1. The van der Waals surface area contributed by atoms with Crippen molar-refractivity contribution in [2.45, 2.75) is 77.7 Å². The van der Waals surface area contributed by atoms with Crippen LogP contribution < -0.4 is 4.74 Å². The van der Waals surface area contributed by atoms with E-state index in [-0.39, 0.29) is 36.7 Å². The number of hydrogen-bond donors (Lipinski definition) is 0.